The Kier molecular flexibility index (Phi) is 4.82. The number of hydrogen-bond acceptors (Lipinski definition) is 3. The highest BCUT2D eigenvalue weighted by atomic mass is 16.6. The third-order valence-corrected chi connectivity index (χ3v) is 3.79. The molecule has 0 spiro atoms. The molecule has 1 aliphatic rings. The van der Waals surface area contributed by atoms with Crippen LogP contribution in [0.1, 0.15) is 46.6 Å². The Labute approximate surface area is 129 Å². The zero-order valence-corrected chi connectivity index (χ0v) is 14.1. The molecule has 0 bridgehead atoms. The van der Waals surface area contributed by atoms with E-state index in [9.17, 15) is 0 Å². The standard InChI is InChI=1S/C18H29NO2/c1-17(2,3)19-13-18(4,5)9-8-14-6-7-15-16(12-14)21-11-10-20-15/h6-7,12,19H,8-11,13H2,1-5H3. The summed E-state index contributed by atoms with van der Waals surface area (Å²) in [6.07, 6.45) is 2.21. The molecule has 0 aromatic heterocycles. The second-order valence-electron chi connectivity index (χ2n) is 7.75. The average Bonchev–Trinajstić information content (AvgIpc) is 2.42. The second-order valence-corrected chi connectivity index (χ2v) is 7.75. The molecule has 0 aliphatic carbocycles. The Balaban J connectivity index is 1.90. The van der Waals surface area contributed by atoms with Crippen molar-refractivity contribution in [3.05, 3.63) is 23.8 Å². The lowest BCUT2D eigenvalue weighted by Gasteiger charge is -2.30. The molecule has 1 N–H and O–H groups in total. The van der Waals surface area contributed by atoms with Crippen molar-refractivity contribution >= 4 is 0 Å². The molecule has 1 aromatic carbocycles. The quantitative estimate of drug-likeness (QED) is 0.895. The minimum atomic E-state index is 0.175. The first-order valence-corrected chi connectivity index (χ1v) is 7.89. The van der Waals surface area contributed by atoms with Crippen LogP contribution in [0.5, 0.6) is 11.5 Å². The van der Waals surface area contributed by atoms with E-state index in [1.54, 1.807) is 0 Å². The highest BCUT2D eigenvalue weighted by Gasteiger charge is 2.21. The number of benzene rings is 1. The molecule has 0 amide bonds. The van der Waals surface area contributed by atoms with Gasteiger partial charge in [0, 0.05) is 12.1 Å². The number of nitrogens with one attached hydrogen (secondary N) is 1. The predicted octanol–water partition coefficient (Wildman–Crippen LogP) is 3.80. The fourth-order valence-corrected chi connectivity index (χ4v) is 2.32. The molecule has 1 aromatic rings. The zero-order valence-electron chi connectivity index (χ0n) is 14.1. The van der Waals surface area contributed by atoms with Gasteiger partial charge in [-0.1, -0.05) is 19.9 Å². The number of aryl methyl sites for hydroxylation is 1. The molecule has 0 fully saturated rings. The third-order valence-electron chi connectivity index (χ3n) is 3.79. The summed E-state index contributed by atoms with van der Waals surface area (Å²) >= 11 is 0. The van der Waals surface area contributed by atoms with Gasteiger partial charge >= 0.3 is 0 Å². The van der Waals surface area contributed by atoms with E-state index in [0.29, 0.717) is 13.2 Å². The van der Waals surface area contributed by atoms with Crippen LogP contribution < -0.4 is 14.8 Å². The average molecular weight is 291 g/mol. The third kappa shape index (κ3) is 5.24. The lowest BCUT2D eigenvalue weighted by molar-refractivity contribution is 0.171. The minimum Gasteiger partial charge on any atom is -0.486 e. The summed E-state index contributed by atoms with van der Waals surface area (Å²) in [4.78, 5) is 0. The van der Waals surface area contributed by atoms with Gasteiger partial charge in [-0.15, -0.1) is 0 Å². The molecule has 3 heteroatoms. The normalized spacial score (nSPS) is 15.1. The van der Waals surface area contributed by atoms with Gasteiger partial charge in [0.15, 0.2) is 11.5 Å². The van der Waals surface area contributed by atoms with Crippen LogP contribution >= 0.6 is 0 Å². The van der Waals surface area contributed by atoms with Crippen molar-refractivity contribution in [1.82, 2.24) is 5.32 Å². The van der Waals surface area contributed by atoms with Crippen molar-refractivity contribution in [2.45, 2.75) is 53.0 Å². The summed E-state index contributed by atoms with van der Waals surface area (Å²) in [7, 11) is 0. The van der Waals surface area contributed by atoms with Gasteiger partial charge in [-0.3, -0.25) is 0 Å². The molecule has 0 saturated carbocycles. The van der Waals surface area contributed by atoms with Gasteiger partial charge in [0.2, 0.25) is 0 Å². The monoisotopic (exact) mass is 291 g/mol. The Morgan fingerprint density at radius 1 is 1.00 bits per heavy atom. The van der Waals surface area contributed by atoms with Crippen molar-refractivity contribution in [2.75, 3.05) is 19.8 Å². The molecule has 0 saturated heterocycles. The molecule has 118 valence electrons. The zero-order chi connectivity index (χ0) is 15.5. The van der Waals surface area contributed by atoms with Crippen LogP contribution in [0.4, 0.5) is 0 Å². The van der Waals surface area contributed by atoms with Crippen LogP contribution in [-0.2, 0) is 6.42 Å². The van der Waals surface area contributed by atoms with Crippen molar-refractivity contribution in [2.24, 2.45) is 5.41 Å². The van der Waals surface area contributed by atoms with Crippen LogP contribution in [0.2, 0.25) is 0 Å². The fourth-order valence-electron chi connectivity index (χ4n) is 2.32. The smallest absolute Gasteiger partial charge is 0.161 e. The molecule has 0 atom stereocenters. The fraction of sp³-hybridized carbons (Fsp3) is 0.667. The maximum absolute atomic E-state index is 5.65. The molecule has 21 heavy (non-hydrogen) atoms. The van der Waals surface area contributed by atoms with Crippen molar-refractivity contribution < 1.29 is 9.47 Å². The van der Waals surface area contributed by atoms with Gasteiger partial charge in [-0.2, -0.15) is 0 Å². The van der Waals surface area contributed by atoms with Gasteiger partial charge in [0.1, 0.15) is 13.2 Å². The summed E-state index contributed by atoms with van der Waals surface area (Å²) in [5.41, 5.74) is 1.78. The molecular formula is C18H29NO2. The maximum atomic E-state index is 5.65. The first-order valence-electron chi connectivity index (χ1n) is 7.89. The summed E-state index contributed by atoms with van der Waals surface area (Å²) in [5, 5.41) is 3.60. The predicted molar refractivity (Wildman–Crippen MR) is 87.3 cm³/mol. The van der Waals surface area contributed by atoms with Gasteiger partial charge in [0.05, 0.1) is 0 Å². The summed E-state index contributed by atoms with van der Waals surface area (Å²) < 4.78 is 11.2. The number of rotatable bonds is 5. The SMILES string of the molecule is CC(C)(CCc1ccc2c(c1)OCCO2)CNC(C)(C)C. The van der Waals surface area contributed by atoms with E-state index < -0.39 is 0 Å². The Morgan fingerprint density at radius 2 is 1.67 bits per heavy atom. The summed E-state index contributed by atoms with van der Waals surface area (Å²) in [6, 6.07) is 6.31. The van der Waals surface area contributed by atoms with Crippen LogP contribution in [0.25, 0.3) is 0 Å². The van der Waals surface area contributed by atoms with Crippen LogP contribution in [0, 0.1) is 5.41 Å². The topological polar surface area (TPSA) is 30.5 Å². The van der Waals surface area contributed by atoms with Gasteiger partial charge in [-0.05, 0) is 56.7 Å². The minimum absolute atomic E-state index is 0.175. The van der Waals surface area contributed by atoms with Crippen LogP contribution in [0.15, 0.2) is 18.2 Å². The number of ether oxygens (including phenoxy) is 2. The van der Waals surface area contributed by atoms with Crippen molar-refractivity contribution in [3.63, 3.8) is 0 Å². The highest BCUT2D eigenvalue weighted by Crippen LogP contribution is 2.32. The van der Waals surface area contributed by atoms with Gasteiger partial charge in [0.25, 0.3) is 0 Å². The summed E-state index contributed by atoms with van der Waals surface area (Å²) in [6.45, 7) is 13.6. The lowest BCUT2D eigenvalue weighted by atomic mass is 9.85. The lowest BCUT2D eigenvalue weighted by Crippen LogP contribution is -2.42. The van der Waals surface area contributed by atoms with E-state index in [1.165, 1.54) is 5.56 Å². The van der Waals surface area contributed by atoms with E-state index in [2.05, 4.69) is 52.1 Å². The number of hydrogen-bond donors (Lipinski definition) is 1. The van der Waals surface area contributed by atoms with Crippen LogP contribution in [-0.4, -0.2) is 25.3 Å². The highest BCUT2D eigenvalue weighted by molar-refractivity contribution is 5.43. The molecule has 2 rings (SSSR count). The Hall–Kier alpha value is -1.22. The van der Waals surface area contributed by atoms with E-state index in [-0.39, 0.29) is 11.0 Å². The van der Waals surface area contributed by atoms with Crippen molar-refractivity contribution in [1.29, 1.82) is 0 Å². The Bertz CT molecular complexity index is 475. The maximum Gasteiger partial charge on any atom is 0.161 e. The van der Waals surface area contributed by atoms with E-state index in [0.717, 1.165) is 30.9 Å². The van der Waals surface area contributed by atoms with E-state index >= 15 is 0 Å². The molecule has 1 heterocycles. The molecular weight excluding hydrogens is 262 g/mol. The first-order chi connectivity index (χ1) is 9.75. The van der Waals surface area contributed by atoms with Crippen LogP contribution in [0.3, 0.4) is 0 Å². The van der Waals surface area contributed by atoms with E-state index in [4.69, 9.17) is 9.47 Å². The van der Waals surface area contributed by atoms with E-state index in [1.807, 2.05) is 6.07 Å². The van der Waals surface area contributed by atoms with Crippen molar-refractivity contribution in [3.8, 4) is 11.5 Å². The largest absolute Gasteiger partial charge is 0.486 e. The number of fused-ring (bicyclic) bond motifs is 1. The summed E-state index contributed by atoms with van der Waals surface area (Å²) in [5.74, 6) is 1.77. The molecule has 0 radical (unpaired) electrons. The Morgan fingerprint density at radius 3 is 2.33 bits per heavy atom. The molecule has 1 aliphatic heterocycles. The molecule has 3 nitrogen and oxygen atoms in total. The van der Waals surface area contributed by atoms with Gasteiger partial charge in [-0.25, -0.2) is 0 Å². The molecule has 0 unspecified atom stereocenters. The van der Waals surface area contributed by atoms with Gasteiger partial charge < -0.3 is 14.8 Å². The second kappa shape index (κ2) is 6.27. The first kappa shape index (κ1) is 16.2.